The van der Waals surface area contributed by atoms with E-state index in [2.05, 4.69) is 22.2 Å². The highest BCUT2D eigenvalue weighted by atomic mass is 16.3. The topological polar surface area (TPSA) is 76.2 Å². The van der Waals surface area contributed by atoms with Gasteiger partial charge in [-0.2, -0.15) is 5.10 Å². The molecule has 3 aromatic heterocycles. The number of amides is 1. The lowest BCUT2D eigenvalue weighted by Gasteiger charge is -2.32. The van der Waals surface area contributed by atoms with Gasteiger partial charge in [-0.15, -0.1) is 0 Å². The van der Waals surface area contributed by atoms with Gasteiger partial charge >= 0.3 is 0 Å². The summed E-state index contributed by atoms with van der Waals surface area (Å²) in [4.78, 5) is 20.9. The number of fused-ring (bicyclic) bond motifs is 1. The average molecular weight is 458 g/mol. The summed E-state index contributed by atoms with van der Waals surface area (Å²) in [5.41, 5.74) is 3.02. The highest BCUT2D eigenvalue weighted by Crippen LogP contribution is 2.26. The van der Waals surface area contributed by atoms with Crippen LogP contribution in [-0.4, -0.2) is 51.2 Å². The Morgan fingerprint density at radius 1 is 1.15 bits per heavy atom. The molecule has 1 saturated heterocycles. The third-order valence-electron chi connectivity index (χ3n) is 6.56. The van der Waals surface area contributed by atoms with Crippen molar-refractivity contribution in [2.75, 3.05) is 19.6 Å². The van der Waals surface area contributed by atoms with E-state index in [0.717, 1.165) is 54.9 Å². The molecule has 4 heterocycles. The molecule has 0 aliphatic carbocycles. The fraction of sp³-hybridized carbons (Fsp3) is 0.370. The molecule has 1 amide bonds. The normalized spacial score (nSPS) is 15.1. The highest BCUT2D eigenvalue weighted by Gasteiger charge is 2.23. The number of hydrogen-bond acceptors (Lipinski definition) is 5. The van der Waals surface area contributed by atoms with E-state index in [1.165, 1.54) is 12.8 Å². The quantitative estimate of drug-likeness (QED) is 0.414. The number of furan rings is 1. The molecule has 0 atom stereocenters. The van der Waals surface area contributed by atoms with Gasteiger partial charge in [0.2, 0.25) is 0 Å². The first kappa shape index (κ1) is 22.3. The van der Waals surface area contributed by atoms with Gasteiger partial charge in [-0.3, -0.25) is 4.79 Å². The Balaban J connectivity index is 1.42. The van der Waals surface area contributed by atoms with Gasteiger partial charge < -0.3 is 14.6 Å². The van der Waals surface area contributed by atoms with Crippen molar-refractivity contribution in [3.8, 4) is 11.3 Å². The SMILES string of the molecule is CCCCN1CCC(NC(=O)c2cc(-c3ccccc3)nc3c2cnn3Cc2ccco2)CC1. The third kappa shape index (κ3) is 4.89. The largest absolute Gasteiger partial charge is 0.467 e. The molecule has 7 nitrogen and oxygen atoms in total. The Morgan fingerprint density at radius 3 is 2.71 bits per heavy atom. The Kier molecular flexibility index (Phi) is 6.72. The van der Waals surface area contributed by atoms with Crippen molar-refractivity contribution >= 4 is 16.9 Å². The van der Waals surface area contributed by atoms with Crippen LogP contribution >= 0.6 is 0 Å². The number of pyridine rings is 1. The van der Waals surface area contributed by atoms with Gasteiger partial charge in [-0.05, 0) is 44.0 Å². The standard InChI is InChI=1S/C27H31N5O2/c1-2-3-13-31-14-11-21(12-15-31)29-27(33)23-17-25(20-8-5-4-6-9-20)30-26-24(23)18-28-32(26)19-22-10-7-16-34-22/h4-10,16-18,21H,2-3,11-15,19H2,1H3,(H,29,33). The number of nitrogens with one attached hydrogen (secondary N) is 1. The van der Waals surface area contributed by atoms with Gasteiger partial charge in [-0.25, -0.2) is 9.67 Å². The zero-order chi connectivity index (χ0) is 23.3. The predicted molar refractivity (Wildman–Crippen MR) is 133 cm³/mol. The summed E-state index contributed by atoms with van der Waals surface area (Å²) in [6.45, 7) is 5.90. The van der Waals surface area contributed by atoms with Crippen molar-refractivity contribution in [1.82, 2.24) is 25.0 Å². The van der Waals surface area contributed by atoms with Crippen LogP contribution in [0, 0.1) is 0 Å². The van der Waals surface area contributed by atoms with Crippen molar-refractivity contribution < 1.29 is 9.21 Å². The smallest absolute Gasteiger partial charge is 0.252 e. The van der Waals surface area contributed by atoms with E-state index in [4.69, 9.17) is 9.40 Å². The Morgan fingerprint density at radius 2 is 1.97 bits per heavy atom. The maximum atomic E-state index is 13.5. The van der Waals surface area contributed by atoms with E-state index < -0.39 is 0 Å². The van der Waals surface area contributed by atoms with Crippen LogP contribution in [0.15, 0.2) is 65.4 Å². The van der Waals surface area contributed by atoms with E-state index in [-0.39, 0.29) is 11.9 Å². The van der Waals surface area contributed by atoms with Gasteiger partial charge in [0.25, 0.3) is 5.91 Å². The number of rotatable bonds is 8. The monoisotopic (exact) mass is 457 g/mol. The minimum atomic E-state index is -0.0610. The third-order valence-corrected chi connectivity index (χ3v) is 6.56. The number of carbonyl (C=O) groups excluding carboxylic acids is 1. The number of carbonyl (C=O) groups is 1. The maximum absolute atomic E-state index is 13.5. The second-order valence-electron chi connectivity index (χ2n) is 8.98. The summed E-state index contributed by atoms with van der Waals surface area (Å²) >= 11 is 0. The van der Waals surface area contributed by atoms with Crippen LogP contribution in [0.3, 0.4) is 0 Å². The van der Waals surface area contributed by atoms with Crippen molar-refractivity contribution in [2.45, 2.75) is 45.2 Å². The van der Waals surface area contributed by atoms with Crippen LogP contribution in [0.4, 0.5) is 0 Å². The number of unbranched alkanes of at least 4 members (excludes halogenated alkanes) is 1. The number of likely N-dealkylation sites (tertiary alicyclic amines) is 1. The first-order valence-corrected chi connectivity index (χ1v) is 12.2. The molecule has 0 radical (unpaired) electrons. The molecule has 0 unspecified atom stereocenters. The fourth-order valence-electron chi connectivity index (χ4n) is 4.60. The van der Waals surface area contributed by atoms with Crippen molar-refractivity contribution in [3.63, 3.8) is 0 Å². The fourth-order valence-corrected chi connectivity index (χ4v) is 4.60. The molecular formula is C27H31N5O2. The van der Waals surface area contributed by atoms with Gasteiger partial charge in [0, 0.05) is 24.7 Å². The summed E-state index contributed by atoms with van der Waals surface area (Å²) in [6.07, 6.45) is 7.79. The zero-order valence-corrected chi connectivity index (χ0v) is 19.6. The minimum absolute atomic E-state index is 0.0610. The Labute approximate surface area is 199 Å². The Hall–Kier alpha value is -3.45. The molecule has 1 fully saturated rings. The van der Waals surface area contributed by atoms with Crippen LogP contribution in [0.2, 0.25) is 0 Å². The highest BCUT2D eigenvalue weighted by molar-refractivity contribution is 6.06. The number of hydrogen-bond donors (Lipinski definition) is 1. The molecule has 5 rings (SSSR count). The van der Waals surface area contributed by atoms with Crippen LogP contribution < -0.4 is 5.32 Å². The summed E-state index contributed by atoms with van der Waals surface area (Å²) in [5.74, 6) is 0.729. The lowest BCUT2D eigenvalue weighted by atomic mass is 10.0. The van der Waals surface area contributed by atoms with E-state index in [0.29, 0.717) is 17.8 Å². The van der Waals surface area contributed by atoms with Crippen LogP contribution in [-0.2, 0) is 6.54 Å². The number of benzene rings is 1. The summed E-state index contributed by atoms with van der Waals surface area (Å²) in [7, 11) is 0. The zero-order valence-electron chi connectivity index (χ0n) is 19.6. The predicted octanol–water partition coefficient (Wildman–Crippen LogP) is 4.73. The van der Waals surface area contributed by atoms with E-state index >= 15 is 0 Å². The molecule has 7 heteroatoms. The van der Waals surface area contributed by atoms with Crippen LogP contribution in [0.25, 0.3) is 22.3 Å². The van der Waals surface area contributed by atoms with E-state index in [1.807, 2.05) is 48.5 Å². The number of nitrogens with zero attached hydrogens (tertiary/aromatic N) is 4. The molecule has 1 aliphatic rings. The first-order chi connectivity index (χ1) is 16.7. The summed E-state index contributed by atoms with van der Waals surface area (Å²) in [6, 6.07) is 15.8. The summed E-state index contributed by atoms with van der Waals surface area (Å²) < 4.78 is 7.31. The molecule has 4 aromatic rings. The van der Waals surface area contributed by atoms with Gasteiger partial charge in [0.1, 0.15) is 12.3 Å². The Bertz CT molecular complexity index is 1220. The molecule has 0 bridgehead atoms. The second-order valence-corrected chi connectivity index (χ2v) is 8.98. The number of piperidine rings is 1. The molecule has 0 spiro atoms. The van der Waals surface area contributed by atoms with Gasteiger partial charge in [-0.1, -0.05) is 43.7 Å². The van der Waals surface area contributed by atoms with Crippen molar-refractivity contribution in [2.24, 2.45) is 0 Å². The van der Waals surface area contributed by atoms with Crippen molar-refractivity contribution in [3.05, 3.63) is 72.3 Å². The molecule has 176 valence electrons. The molecule has 1 aromatic carbocycles. The molecule has 1 N–H and O–H groups in total. The van der Waals surface area contributed by atoms with Gasteiger partial charge in [0.05, 0.1) is 29.1 Å². The first-order valence-electron chi connectivity index (χ1n) is 12.2. The lowest BCUT2D eigenvalue weighted by Crippen LogP contribution is -2.44. The number of aromatic nitrogens is 3. The summed E-state index contributed by atoms with van der Waals surface area (Å²) in [5, 5.41) is 8.58. The second kappa shape index (κ2) is 10.2. The molecular weight excluding hydrogens is 426 g/mol. The molecule has 1 aliphatic heterocycles. The molecule has 34 heavy (non-hydrogen) atoms. The minimum Gasteiger partial charge on any atom is -0.467 e. The van der Waals surface area contributed by atoms with Crippen LogP contribution in [0.5, 0.6) is 0 Å². The van der Waals surface area contributed by atoms with Gasteiger partial charge in [0.15, 0.2) is 5.65 Å². The van der Waals surface area contributed by atoms with Crippen LogP contribution in [0.1, 0.15) is 48.7 Å². The lowest BCUT2D eigenvalue weighted by molar-refractivity contribution is 0.0912. The van der Waals surface area contributed by atoms with E-state index in [9.17, 15) is 4.79 Å². The van der Waals surface area contributed by atoms with Crippen molar-refractivity contribution in [1.29, 1.82) is 0 Å². The van der Waals surface area contributed by atoms with E-state index in [1.54, 1.807) is 17.1 Å². The average Bonchev–Trinajstić information content (AvgIpc) is 3.54. The maximum Gasteiger partial charge on any atom is 0.252 e. The molecule has 0 saturated carbocycles.